The minimum atomic E-state index is 0.649. The van der Waals surface area contributed by atoms with Crippen molar-refractivity contribution in [3.8, 4) is 28.5 Å². The van der Waals surface area contributed by atoms with Crippen LogP contribution in [0.25, 0.3) is 72.2 Å². The molecule has 4 aromatic heterocycles. The Hall–Kier alpha value is -5.36. The lowest BCUT2D eigenvalue weighted by Gasteiger charge is -2.12. The molecule has 0 aliphatic heterocycles. The van der Waals surface area contributed by atoms with Crippen molar-refractivity contribution in [1.82, 2.24) is 24.5 Å². The largest absolute Gasteiger partial charge is 0.456 e. The van der Waals surface area contributed by atoms with Gasteiger partial charge in [0.25, 0.3) is 0 Å². The number of aromatic nitrogens is 5. The quantitative estimate of drug-likeness (QED) is 0.256. The number of fused-ring (bicyclic) bond motifs is 6. The molecule has 0 atom stereocenters. The van der Waals surface area contributed by atoms with E-state index in [9.17, 15) is 0 Å². The molecule has 4 aromatic carbocycles. The molecule has 0 aliphatic rings. The van der Waals surface area contributed by atoms with Gasteiger partial charge in [-0.25, -0.2) is 19.9 Å². The zero-order chi connectivity index (χ0) is 25.1. The van der Waals surface area contributed by atoms with Crippen molar-refractivity contribution >= 4 is 43.7 Å². The third-order valence-corrected chi connectivity index (χ3v) is 6.99. The van der Waals surface area contributed by atoms with Gasteiger partial charge in [0.1, 0.15) is 11.2 Å². The van der Waals surface area contributed by atoms with Crippen LogP contribution in [0.4, 0.5) is 0 Å². The highest BCUT2D eigenvalue weighted by molar-refractivity contribution is 6.17. The molecule has 178 valence electrons. The summed E-state index contributed by atoms with van der Waals surface area (Å²) in [6.45, 7) is 0. The number of hydrogen-bond donors (Lipinski definition) is 0. The summed E-state index contributed by atoms with van der Waals surface area (Å²) in [5.41, 5.74) is 6.74. The van der Waals surface area contributed by atoms with Gasteiger partial charge < -0.3 is 8.98 Å². The van der Waals surface area contributed by atoms with E-state index in [2.05, 4.69) is 79.1 Å². The Morgan fingerprint density at radius 2 is 1.11 bits per heavy atom. The van der Waals surface area contributed by atoms with Gasteiger partial charge >= 0.3 is 0 Å². The van der Waals surface area contributed by atoms with E-state index in [1.165, 1.54) is 0 Å². The topological polar surface area (TPSA) is 69.6 Å². The van der Waals surface area contributed by atoms with Crippen molar-refractivity contribution < 1.29 is 4.42 Å². The second-order valence-corrected chi connectivity index (χ2v) is 9.23. The summed E-state index contributed by atoms with van der Waals surface area (Å²) >= 11 is 0. The van der Waals surface area contributed by atoms with Crippen LogP contribution in [-0.4, -0.2) is 24.5 Å². The third kappa shape index (κ3) is 3.14. The summed E-state index contributed by atoms with van der Waals surface area (Å²) in [7, 11) is 0. The molecule has 0 saturated heterocycles. The average Bonchev–Trinajstić information content (AvgIpc) is 3.51. The van der Waals surface area contributed by atoms with E-state index in [0.29, 0.717) is 11.6 Å². The summed E-state index contributed by atoms with van der Waals surface area (Å²) in [6.07, 6.45) is 7.04. The van der Waals surface area contributed by atoms with E-state index in [1.54, 1.807) is 24.8 Å². The van der Waals surface area contributed by atoms with Gasteiger partial charge in [0.15, 0.2) is 11.6 Å². The van der Waals surface area contributed by atoms with Crippen LogP contribution >= 0.6 is 0 Å². The maximum atomic E-state index is 6.24. The molecule has 0 N–H and O–H groups in total. The van der Waals surface area contributed by atoms with E-state index in [4.69, 9.17) is 4.42 Å². The Morgan fingerprint density at radius 3 is 1.82 bits per heavy atom. The number of para-hydroxylation sites is 2. The molecule has 0 radical (unpaired) electrons. The van der Waals surface area contributed by atoms with Crippen LogP contribution < -0.4 is 0 Å². The lowest BCUT2D eigenvalue weighted by Crippen LogP contribution is -1.98. The van der Waals surface area contributed by atoms with Crippen LogP contribution in [0, 0.1) is 0 Å². The van der Waals surface area contributed by atoms with Gasteiger partial charge in [-0.1, -0.05) is 36.4 Å². The van der Waals surface area contributed by atoms with E-state index in [-0.39, 0.29) is 0 Å². The highest BCUT2D eigenvalue weighted by atomic mass is 16.3. The molecule has 8 rings (SSSR count). The molecular formula is C32H19N5O. The van der Waals surface area contributed by atoms with Crippen molar-refractivity contribution in [2.75, 3.05) is 0 Å². The van der Waals surface area contributed by atoms with Crippen LogP contribution in [-0.2, 0) is 0 Å². The fourth-order valence-electron chi connectivity index (χ4n) is 5.36. The molecule has 4 heterocycles. The van der Waals surface area contributed by atoms with Crippen LogP contribution in [0.1, 0.15) is 0 Å². The minimum absolute atomic E-state index is 0.649. The van der Waals surface area contributed by atoms with Gasteiger partial charge in [-0.3, -0.25) is 0 Å². The lowest BCUT2D eigenvalue weighted by molar-refractivity contribution is 0.669. The Balaban J connectivity index is 1.49. The predicted molar refractivity (Wildman–Crippen MR) is 150 cm³/mol. The van der Waals surface area contributed by atoms with Gasteiger partial charge in [-0.2, -0.15) is 0 Å². The summed E-state index contributed by atoms with van der Waals surface area (Å²) in [5.74, 6) is 1.30. The standard InChI is InChI=1S/C32H19N5O/c1-3-9-27-23(7-1)25-19-30-26(24-8-2-4-10-29(24)38-30)18-28(25)37(27)22-16-20(31-33-11-5-12-34-31)15-21(17-22)32-35-13-6-14-36-32/h1-19H. The number of benzene rings is 4. The zero-order valence-electron chi connectivity index (χ0n) is 20.1. The van der Waals surface area contributed by atoms with Gasteiger partial charge in [0, 0.05) is 63.1 Å². The molecule has 0 aliphatic carbocycles. The minimum Gasteiger partial charge on any atom is -0.456 e. The molecule has 38 heavy (non-hydrogen) atoms. The Bertz CT molecular complexity index is 2070. The van der Waals surface area contributed by atoms with Gasteiger partial charge in [-0.05, 0) is 54.6 Å². The smallest absolute Gasteiger partial charge is 0.159 e. The molecule has 0 unspecified atom stereocenters. The van der Waals surface area contributed by atoms with Crippen LogP contribution in [0.15, 0.2) is 120 Å². The number of furan rings is 1. The van der Waals surface area contributed by atoms with E-state index < -0.39 is 0 Å². The lowest BCUT2D eigenvalue weighted by atomic mass is 10.1. The summed E-state index contributed by atoms with van der Waals surface area (Å²) in [4.78, 5) is 18.1. The monoisotopic (exact) mass is 489 g/mol. The zero-order valence-corrected chi connectivity index (χ0v) is 20.1. The molecule has 0 bridgehead atoms. The van der Waals surface area contributed by atoms with Crippen molar-refractivity contribution in [3.63, 3.8) is 0 Å². The molecule has 0 fully saturated rings. The molecule has 6 heteroatoms. The van der Waals surface area contributed by atoms with Crippen LogP contribution in [0.3, 0.4) is 0 Å². The molecule has 8 aromatic rings. The van der Waals surface area contributed by atoms with Gasteiger partial charge in [0.2, 0.25) is 0 Å². The highest BCUT2D eigenvalue weighted by Gasteiger charge is 2.18. The fraction of sp³-hybridized carbons (Fsp3) is 0. The Kier molecular flexibility index (Phi) is 4.42. The van der Waals surface area contributed by atoms with Gasteiger partial charge in [-0.15, -0.1) is 0 Å². The van der Waals surface area contributed by atoms with E-state index in [0.717, 1.165) is 60.6 Å². The first kappa shape index (κ1) is 20.8. The van der Waals surface area contributed by atoms with Gasteiger partial charge in [0.05, 0.1) is 11.0 Å². The van der Waals surface area contributed by atoms with E-state index >= 15 is 0 Å². The first-order valence-electron chi connectivity index (χ1n) is 12.4. The first-order chi connectivity index (χ1) is 18.8. The van der Waals surface area contributed by atoms with Crippen molar-refractivity contribution in [1.29, 1.82) is 0 Å². The molecular weight excluding hydrogens is 470 g/mol. The molecule has 6 nitrogen and oxygen atoms in total. The molecule has 0 amide bonds. The average molecular weight is 490 g/mol. The summed E-state index contributed by atoms with van der Waals surface area (Å²) < 4.78 is 8.53. The number of nitrogens with zero attached hydrogens (tertiary/aromatic N) is 5. The molecule has 0 saturated carbocycles. The maximum Gasteiger partial charge on any atom is 0.159 e. The normalized spacial score (nSPS) is 11.7. The maximum absolute atomic E-state index is 6.24. The fourth-order valence-corrected chi connectivity index (χ4v) is 5.36. The summed E-state index contributed by atoms with van der Waals surface area (Å²) in [5, 5.41) is 4.48. The van der Waals surface area contributed by atoms with Crippen molar-refractivity contribution in [2.24, 2.45) is 0 Å². The first-order valence-corrected chi connectivity index (χ1v) is 12.4. The van der Waals surface area contributed by atoms with Crippen LogP contribution in [0.2, 0.25) is 0 Å². The van der Waals surface area contributed by atoms with Crippen molar-refractivity contribution in [3.05, 3.63) is 116 Å². The second kappa shape index (κ2) is 8.08. The Labute approximate surface area is 216 Å². The summed E-state index contributed by atoms with van der Waals surface area (Å²) in [6, 6.07) is 31.0. The van der Waals surface area contributed by atoms with Crippen LogP contribution in [0.5, 0.6) is 0 Å². The predicted octanol–water partition coefficient (Wildman–Crippen LogP) is 7.60. The van der Waals surface area contributed by atoms with Crippen molar-refractivity contribution in [2.45, 2.75) is 0 Å². The van der Waals surface area contributed by atoms with E-state index in [1.807, 2.05) is 36.4 Å². The second-order valence-electron chi connectivity index (χ2n) is 9.23. The third-order valence-electron chi connectivity index (χ3n) is 6.99. The highest BCUT2D eigenvalue weighted by Crippen LogP contribution is 2.39. The number of rotatable bonds is 3. The molecule has 0 spiro atoms. The Morgan fingerprint density at radius 1 is 0.474 bits per heavy atom. The number of hydrogen-bond acceptors (Lipinski definition) is 5. The SMILES string of the molecule is c1cnc(-c2cc(-c3ncccn3)cc(-n3c4ccccc4c4cc5oc6ccccc6c5cc43)c2)nc1.